The Bertz CT molecular complexity index is 676. The van der Waals surface area contributed by atoms with Crippen molar-refractivity contribution in [3.05, 3.63) is 23.3 Å². The summed E-state index contributed by atoms with van der Waals surface area (Å²) in [5.41, 5.74) is 0.871. The van der Waals surface area contributed by atoms with Gasteiger partial charge in [0.05, 0.1) is 13.7 Å². The van der Waals surface area contributed by atoms with Crippen LogP contribution in [0.5, 0.6) is 11.7 Å². The van der Waals surface area contributed by atoms with Gasteiger partial charge in [0.15, 0.2) is 0 Å². The molecule has 0 amide bonds. The van der Waals surface area contributed by atoms with E-state index in [1.807, 2.05) is 20.8 Å². The zero-order valence-corrected chi connectivity index (χ0v) is 12.9. The van der Waals surface area contributed by atoms with Crippen LogP contribution < -0.4 is 4.74 Å². The molecule has 0 saturated carbocycles. The number of methoxy groups -OCH3 is 1. The van der Waals surface area contributed by atoms with Crippen LogP contribution in [0.25, 0.3) is 11.0 Å². The summed E-state index contributed by atoms with van der Waals surface area (Å²) < 4.78 is 15.8. The number of phenolic OH excluding ortho intramolecular Hbond substituents is 1. The molecule has 0 saturated heterocycles. The Kier molecular flexibility index (Phi) is 3.85. The minimum absolute atomic E-state index is 0.116. The van der Waals surface area contributed by atoms with E-state index < -0.39 is 11.4 Å². The predicted molar refractivity (Wildman–Crippen MR) is 79.1 cm³/mol. The highest BCUT2D eigenvalue weighted by atomic mass is 16.6. The second kappa shape index (κ2) is 5.31. The standard InChI is InChI=1S/C16H20O5/c1-6-20-15(18)12-10(17)7-9-8-11(19-5)21-14(9)13(12)16(2,3)4/h7-8,17H,6H2,1-5H3. The second-order valence-corrected chi connectivity index (χ2v) is 5.80. The maximum Gasteiger partial charge on any atom is 0.342 e. The zero-order chi connectivity index (χ0) is 15.8. The highest BCUT2D eigenvalue weighted by Gasteiger charge is 2.30. The van der Waals surface area contributed by atoms with Crippen molar-refractivity contribution in [3.8, 4) is 11.7 Å². The van der Waals surface area contributed by atoms with Crippen LogP contribution in [0.3, 0.4) is 0 Å². The van der Waals surface area contributed by atoms with E-state index in [1.54, 1.807) is 13.0 Å². The number of aromatic hydroxyl groups is 1. The van der Waals surface area contributed by atoms with Gasteiger partial charge in [-0.25, -0.2) is 4.79 Å². The third kappa shape index (κ3) is 2.68. The molecule has 0 unspecified atom stereocenters. The van der Waals surface area contributed by atoms with Crippen LogP contribution in [0.1, 0.15) is 43.6 Å². The molecular weight excluding hydrogens is 272 g/mol. The number of fused-ring (bicyclic) bond motifs is 1. The van der Waals surface area contributed by atoms with Crippen LogP contribution in [0.15, 0.2) is 16.5 Å². The molecule has 0 aliphatic carbocycles. The zero-order valence-electron chi connectivity index (χ0n) is 12.9. The number of ether oxygens (including phenoxy) is 2. The summed E-state index contributed by atoms with van der Waals surface area (Å²) in [5.74, 6) is -0.345. The van der Waals surface area contributed by atoms with Gasteiger partial charge in [-0.05, 0) is 18.4 Å². The molecule has 1 heterocycles. The fraction of sp³-hybridized carbons (Fsp3) is 0.438. The van der Waals surface area contributed by atoms with Gasteiger partial charge < -0.3 is 19.0 Å². The first-order valence-corrected chi connectivity index (χ1v) is 6.80. The number of carbonyl (C=O) groups is 1. The Balaban J connectivity index is 2.83. The minimum Gasteiger partial charge on any atom is -0.507 e. The van der Waals surface area contributed by atoms with E-state index >= 15 is 0 Å². The first-order valence-electron chi connectivity index (χ1n) is 6.80. The van der Waals surface area contributed by atoms with Gasteiger partial charge in [-0.15, -0.1) is 0 Å². The monoisotopic (exact) mass is 292 g/mol. The molecule has 0 spiro atoms. The Morgan fingerprint density at radius 1 is 1.33 bits per heavy atom. The summed E-state index contributed by atoms with van der Waals surface area (Å²) in [4.78, 5) is 12.2. The average Bonchev–Trinajstić information content (AvgIpc) is 2.78. The van der Waals surface area contributed by atoms with Crippen molar-refractivity contribution in [2.45, 2.75) is 33.1 Å². The third-order valence-electron chi connectivity index (χ3n) is 3.19. The van der Waals surface area contributed by atoms with Gasteiger partial charge in [-0.3, -0.25) is 0 Å². The fourth-order valence-electron chi connectivity index (χ4n) is 2.37. The normalized spacial score (nSPS) is 11.7. The topological polar surface area (TPSA) is 68.9 Å². The molecule has 1 aromatic carbocycles. The number of furan rings is 1. The summed E-state index contributed by atoms with van der Waals surface area (Å²) >= 11 is 0. The molecule has 0 fully saturated rings. The third-order valence-corrected chi connectivity index (χ3v) is 3.19. The van der Waals surface area contributed by atoms with E-state index in [4.69, 9.17) is 13.9 Å². The Labute approximate surface area is 123 Å². The van der Waals surface area contributed by atoms with Crippen molar-refractivity contribution in [3.63, 3.8) is 0 Å². The molecule has 2 aromatic rings. The number of rotatable bonds is 3. The number of hydrogen-bond acceptors (Lipinski definition) is 5. The van der Waals surface area contributed by atoms with Crippen LogP contribution in [-0.4, -0.2) is 24.8 Å². The van der Waals surface area contributed by atoms with Crippen LogP contribution in [0.2, 0.25) is 0 Å². The van der Waals surface area contributed by atoms with Crippen molar-refractivity contribution in [2.24, 2.45) is 0 Å². The number of phenols is 1. The molecule has 1 aromatic heterocycles. The highest BCUT2D eigenvalue weighted by molar-refractivity contribution is 6.01. The van der Waals surface area contributed by atoms with Crippen LogP contribution in [0, 0.1) is 0 Å². The lowest BCUT2D eigenvalue weighted by molar-refractivity contribution is 0.0520. The van der Waals surface area contributed by atoms with E-state index in [0.29, 0.717) is 22.5 Å². The van der Waals surface area contributed by atoms with Crippen molar-refractivity contribution < 1.29 is 23.8 Å². The van der Waals surface area contributed by atoms with Gasteiger partial charge in [0, 0.05) is 17.0 Å². The summed E-state index contributed by atoms with van der Waals surface area (Å²) in [5, 5.41) is 10.9. The SMILES string of the molecule is CCOC(=O)c1c(O)cc2cc(OC)oc2c1C(C)(C)C. The van der Waals surface area contributed by atoms with Crippen LogP contribution >= 0.6 is 0 Å². The van der Waals surface area contributed by atoms with Gasteiger partial charge in [-0.2, -0.15) is 0 Å². The second-order valence-electron chi connectivity index (χ2n) is 5.80. The van der Waals surface area contributed by atoms with Gasteiger partial charge in [-0.1, -0.05) is 20.8 Å². The number of esters is 1. The Morgan fingerprint density at radius 3 is 2.52 bits per heavy atom. The van der Waals surface area contributed by atoms with Crippen molar-refractivity contribution >= 4 is 16.9 Å². The summed E-state index contributed by atoms with van der Waals surface area (Å²) in [6.07, 6.45) is 0. The molecule has 0 bridgehead atoms. The molecule has 0 aliphatic rings. The fourth-order valence-corrected chi connectivity index (χ4v) is 2.37. The van der Waals surface area contributed by atoms with Crippen LogP contribution in [-0.2, 0) is 10.2 Å². The van der Waals surface area contributed by atoms with Crippen molar-refractivity contribution in [1.82, 2.24) is 0 Å². The first kappa shape index (κ1) is 15.2. The van der Waals surface area contributed by atoms with Gasteiger partial charge in [0.2, 0.25) is 0 Å². The quantitative estimate of drug-likeness (QED) is 0.875. The number of hydrogen-bond donors (Lipinski definition) is 1. The average molecular weight is 292 g/mol. The lowest BCUT2D eigenvalue weighted by Gasteiger charge is -2.23. The smallest absolute Gasteiger partial charge is 0.342 e. The molecule has 1 N–H and O–H groups in total. The molecule has 0 radical (unpaired) electrons. The van der Waals surface area contributed by atoms with E-state index in [1.165, 1.54) is 13.2 Å². The number of benzene rings is 1. The van der Waals surface area contributed by atoms with Gasteiger partial charge in [0.25, 0.3) is 5.95 Å². The maximum atomic E-state index is 12.2. The Morgan fingerprint density at radius 2 is 2.00 bits per heavy atom. The minimum atomic E-state index is -0.558. The molecule has 21 heavy (non-hydrogen) atoms. The van der Waals surface area contributed by atoms with Gasteiger partial charge in [0.1, 0.15) is 16.9 Å². The molecule has 5 heteroatoms. The molecular formula is C16H20O5. The Hall–Kier alpha value is -2.17. The summed E-state index contributed by atoms with van der Waals surface area (Å²) in [7, 11) is 1.50. The van der Waals surface area contributed by atoms with E-state index in [0.717, 1.165) is 0 Å². The lowest BCUT2D eigenvalue weighted by atomic mass is 9.82. The highest BCUT2D eigenvalue weighted by Crippen LogP contribution is 2.41. The van der Waals surface area contributed by atoms with E-state index in [-0.39, 0.29) is 17.9 Å². The predicted octanol–water partition coefficient (Wildman–Crippen LogP) is 3.62. The summed E-state index contributed by atoms with van der Waals surface area (Å²) in [6.45, 7) is 7.79. The van der Waals surface area contributed by atoms with Crippen molar-refractivity contribution in [2.75, 3.05) is 13.7 Å². The van der Waals surface area contributed by atoms with Gasteiger partial charge >= 0.3 is 5.97 Å². The van der Waals surface area contributed by atoms with Crippen molar-refractivity contribution in [1.29, 1.82) is 0 Å². The first-order chi connectivity index (χ1) is 9.79. The lowest BCUT2D eigenvalue weighted by Crippen LogP contribution is -2.19. The molecule has 114 valence electrons. The van der Waals surface area contributed by atoms with E-state index in [9.17, 15) is 9.90 Å². The van der Waals surface area contributed by atoms with E-state index in [2.05, 4.69) is 0 Å². The molecule has 0 atom stereocenters. The molecule has 2 rings (SSSR count). The van der Waals surface area contributed by atoms with Crippen LogP contribution in [0.4, 0.5) is 0 Å². The molecule has 5 nitrogen and oxygen atoms in total. The molecule has 0 aliphatic heterocycles. The maximum absolute atomic E-state index is 12.2. The largest absolute Gasteiger partial charge is 0.507 e. The summed E-state index contributed by atoms with van der Waals surface area (Å²) in [6, 6.07) is 3.17. The number of carbonyl (C=O) groups excluding carboxylic acids is 1.